The molecular weight excluding hydrogens is 364 g/mol. The normalized spacial score (nSPS) is 16.4. The molecule has 1 fully saturated rings. The van der Waals surface area contributed by atoms with Gasteiger partial charge in [-0.15, -0.1) is 0 Å². The monoisotopic (exact) mass is 386 g/mol. The van der Waals surface area contributed by atoms with E-state index in [9.17, 15) is 13.2 Å². The molecule has 142 valence electrons. The van der Waals surface area contributed by atoms with Crippen LogP contribution in [0, 0.1) is 6.92 Å². The van der Waals surface area contributed by atoms with E-state index in [0.29, 0.717) is 18.8 Å². The van der Waals surface area contributed by atoms with Gasteiger partial charge in [-0.3, -0.25) is 4.79 Å². The van der Waals surface area contributed by atoms with Gasteiger partial charge in [0.15, 0.2) is 0 Å². The molecule has 0 aliphatic carbocycles. The molecule has 3 rings (SSSR count). The highest BCUT2D eigenvalue weighted by atomic mass is 32.2. The van der Waals surface area contributed by atoms with E-state index in [2.05, 4.69) is 0 Å². The second-order valence-corrected chi connectivity index (χ2v) is 8.08. The average molecular weight is 386 g/mol. The molecule has 1 aromatic heterocycles. The van der Waals surface area contributed by atoms with Gasteiger partial charge in [0.1, 0.15) is 11.5 Å². The lowest BCUT2D eigenvalue weighted by atomic mass is 10.2. The van der Waals surface area contributed by atoms with Crippen molar-refractivity contribution in [1.82, 2.24) is 9.21 Å². The first-order valence-corrected chi connectivity index (χ1v) is 10.2. The number of aryl methyl sites for hydroxylation is 1. The average Bonchev–Trinajstić information content (AvgIpc) is 3.11. The first-order chi connectivity index (χ1) is 12.9. The van der Waals surface area contributed by atoms with E-state index in [1.54, 1.807) is 23.1 Å². The minimum absolute atomic E-state index is 0.152. The fourth-order valence-electron chi connectivity index (χ4n) is 2.78. The lowest BCUT2D eigenvalue weighted by Crippen LogP contribution is -2.49. The van der Waals surface area contributed by atoms with Gasteiger partial charge < -0.3 is 9.32 Å². The molecule has 1 aliphatic rings. The third kappa shape index (κ3) is 5.18. The third-order valence-electron chi connectivity index (χ3n) is 4.29. The summed E-state index contributed by atoms with van der Waals surface area (Å²) in [5.41, 5.74) is 0.827. The van der Waals surface area contributed by atoms with Crippen molar-refractivity contribution in [3.8, 4) is 0 Å². The van der Waals surface area contributed by atoms with Gasteiger partial charge >= 0.3 is 0 Å². The van der Waals surface area contributed by atoms with Gasteiger partial charge in [0.2, 0.25) is 15.9 Å². The van der Waals surface area contributed by atoms with Crippen LogP contribution in [0.25, 0.3) is 12.2 Å². The number of furan rings is 1. The van der Waals surface area contributed by atoms with Crippen LogP contribution in [0.4, 0.5) is 0 Å². The van der Waals surface area contributed by atoms with Gasteiger partial charge in [-0.25, -0.2) is 8.42 Å². The number of hydrogen-bond acceptors (Lipinski definition) is 4. The Morgan fingerprint density at radius 2 is 1.70 bits per heavy atom. The molecule has 1 aliphatic heterocycles. The van der Waals surface area contributed by atoms with Gasteiger partial charge in [0, 0.05) is 37.7 Å². The fourth-order valence-corrected chi connectivity index (χ4v) is 3.95. The molecule has 2 heterocycles. The number of carbonyl (C=O) groups is 1. The molecule has 1 aromatic carbocycles. The van der Waals surface area contributed by atoms with Crippen molar-refractivity contribution in [2.75, 3.05) is 26.2 Å². The molecular formula is C20H22N2O4S. The van der Waals surface area contributed by atoms with Crippen LogP contribution >= 0.6 is 0 Å². The molecule has 0 spiro atoms. The first kappa shape index (κ1) is 19.1. The Balaban J connectivity index is 1.55. The number of benzene rings is 1. The van der Waals surface area contributed by atoms with Gasteiger partial charge in [-0.2, -0.15) is 4.31 Å². The van der Waals surface area contributed by atoms with Crippen molar-refractivity contribution in [3.63, 3.8) is 0 Å². The summed E-state index contributed by atoms with van der Waals surface area (Å²) in [4.78, 5) is 13.9. The molecule has 0 N–H and O–H groups in total. The molecule has 7 heteroatoms. The van der Waals surface area contributed by atoms with Crippen molar-refractivity contribution in [2.45, 2.75) is 6.92 Å². The van der Waals surface area contributed by atoms with E-state index in [1.807, 2.05) is 43.3 Å². The molecule has 0 unspecified atom stereocenters. The number of carbonyl (C=O) groups excluding carboxylic acids is 1. The van der Waals surface area contributed by atoms with Crippen molar-refractivity contribution in [3.05, 3.63) is 71.0 Å². The molecule has 2 aromatic rings. The zero-order valence-electron chi connectivity index (χ0n) is 15.1. The van der Waals surface area contributed by atoms with Gasteiger partial charge in [0.25, 0.3) is 0 Å². The lowest BCUT2D eigenvalue weighted by molar-refractivity contribution is -0.127. The second kappa shape index (κ2) is 8.37. The van der Waals surface area contributed by atoms with Crippen LogP contribution in [0.5, 0.6) is 0 Å². The summed E-state index contributed by atoms with van der Waals surface area (Å²) in [7, 11) is -3.50. The zero-order valence-corrected chi connectivity index (χ0v) is 15.9. The summed E-state index contributed by atoms with van der Waals surface area (Å²) in [6.07, 6.45) is 4.67. The van der Waals surface area contributed by atoms with Crippen molar-refractivity contribution >= 4 is 28.1 Å². The standard InChI is InChI=1S/C20H22N2O4S/c1-17-7-8-19(26-17)9-10-20(23)21-12-14-22(15-13-21)27(24,25)16-11-18-5-3-2-4-6-18/h2-11,16H,12-15H2,1H3/b10-9-,16-11+. The Morgan fingerprint density at radius 1 is 1.00 bits per heavy atom. The number of amides is 1. The zero-order chi connectivity index (χ0) is 19.3. The predicted molar refractivity (Wildman–Crippen MR) is 105 cm³/mol. The van der Waals surface area contributed by atoms with E-state index in [1.165, 1.54) is 15.8 Å². The first-order valence-electron chi connectivity index (χ1n) is 8.71. The lowest BCUT2D eigenvalue weighted by Gasteiger charge is -2.32. The minimum atomic E-state index is -3.50. The summed E-state index contributed by atoms with van der Waals surface area (Å²) < 4.78 is 31.7. The molecule has 27 heavy (non-hydrogen) atoms. The van der Waals surface area contributed by atoms with E-state index in [0.717, 1.165) is 11.3 Å². The summed E-state index contributed by atoms with van der Waals surface area (Å²) in [5, 5.41) is 1.22. The van der Waals surface area contributed by atoms with Crippen molar-refractivity contribution < 1.29 is 17.6 Å². The van der Waals surface area contributed by atoms with E-state index >= 15 is 0 Å². The van der Waals surface area contributed by atoms with E-state index in [-0.39, 0.29) is 19.0 Å². The molecule has 0 atom stereocenters. The maximum Gasteiger partial charge on any atom is 0.246 e. The largest absolute Gasteiger partial charge is 0.462 e. The van der Waals surface area contributed by atoms with Gasteiger partial charge in [-0.05, 0) is 36.8 Å². The Labute approximate surface area is 159 Å². The summed E-state index contributed by atoms with van der Waals surface area (Å²) in [6, 6.07) is 12.9. The maximum atomic E-state index is 12.5. The molecule has 0 saturated carbocycles. The quantitative estimate of drug-likeness (QED) is 0.741. The number of nitrogens with zero attached hydrogens (tertiary/aromatic N) is 2. The SMILES string of the molecule is Cc1ccc(/C=C\C(=O)N2CCN(S(=O)(=O)/C=C/c3ccccc3)CC2)o1. The van der Waals surface area contributed by atoms with Gasteiger partial charge in [-0.1, -0.05) is 30.3 Å². The summed E-state index contributed by atoms with van der Waals surface area (Å²) in [5.74, 6) is 1.25. The molecule has 1 amide bonds. The van der Waals surface area contributed by atoms with Crippen LogP contribution in [0.3, 0.4) is 0 Å². The highest BCUT2D eigenvalue weighted by molar-refractivity contribution is 7.92. The van der Waals surface area contributed by atoms with Crippen LogP contribution in [0.1, 0.15) is 17.1 Å². The smallest absolute Gasteiger partial charge is 0.246 e. The predicted octanol–water partition coefficient (Wildman–Crippen LogP) is 2.75. The molecule has 1 saturated heterocycles. The fraction of sp³-hybridized carbons (Fsp3) is 0.250. The van der Waals surface area contributed by atoms with E-state index < -0.39 is 10.0 Å². The Morgan fingerprint density at radius 3 is 2.33 bits per heavy atom. The van der Waals surface area contributed by atoms with Crippen LogP contribution in [0.15, 0.2) is 58.4 Å². The number of hydrogen-bond donors (Lipinski definition) is 0. The highest BCUT2D eigenvalue weighted by Gasteiger charge is 2.26. The van der Waals surface area contributed by atoms with E-state index in [4.69, 9.17) is 4.42 Å². The topological polar surface area (TPSA) is 70.8 Å². The minimum Gasteiger partial charge on any atom is -0.462 e. The highest BCUT2D eigenvalue weighted by Crippen LogP contribution is 2.13. The van der Waals surface area contributed by atoms with Crippen LogP contribution < -0.4 is 0 Å². The molecule has 6 nitrogen and oxygen atoms in total. The number of piperazine rings is 1. The van der Waals surface area contributed by atoms with Crippen LogP contribution in [-0.2, 0) is 14.8 Å². The Kier molecular flexibility index (Phi) is 5.93. The van der Waals surface area contributed by atoms with Crippen LogP contribution in [0.2, 0.25) is 0 Å². The third-order valence-corrected chi connectivity index (χ3v) is 5.86. The number of rotatable bonds is 5. The molecule has 0 radical (unpaired) electrons. The number of sulfonamides is 1. The maximum absolute atomic E-state index is 12.5. The van der Waals surface area contributed by atoms with Crippen molar-refractivity contribution in [2.24, 2.45) is 0 Å². The summed E-state index contributed by atoms with van der Waals surface area (Å²) >= 11 is 0. The Bertz CT molecular complexity index is 937. The summed E-state index contributed by atoms with van der Waals surface area (Å²) in [6.45, 7) is 3.12. The molecule has 0 bridgehead atoms. The van der Waals surface area contributed by atoms with Crippen LogP contribution in [-0.4, -0.2) is 49.7 Å². The second-order valence-electron chi connectivity index (χ2n) is 6.26. The van der Waals surface area contributed by atoms with Crippen molar-refractivity contribution in [1.29, 1.82) is 0 Å². The Hall–Kier alpha value is -2.64. The van der Waals surface area contributed by atoms with Gasteiger partial charge in [0.05, 0.1) is 0 Å².